The Bertz CT molecular complexity index is 16.0. The molecule has 0 saturated carbocycles. The molecule has 0 rings (SSSR count). The van der Waals surface area contributed by atoms with E-state index in [1.54, 1.807) is 0 Å². The van der Waals surface area contributed by atoms with Crippen molar-refractivity contribution in [3.05, 3.63) is 0 Å². The van der Waals surface area contributed by atoms with Crippen LogP contribution in [0.3, 0.4) is 0 Å². The van der Waals surface area contributed by atoms with Crippen LogP contribution < -0.4 is 0 Å². The van der Waals surface area contributed by atoms with E-state index in [4.69, 9.17) is 27.9 Å². The molecule has 0 bridgehead atoms. The van der Waals surface area contributed by atoms with Crippen molar-refractivity contribution in [3.63, 3.8) is 0 Å². The third kappa shape index (κ3) is 151. The summed E-state index contributed by atoms with van der Waals surface area (Å²) < 4.78 is 0. The van der Waals surface area contributed by atoms with Gasteiger partial charge in [-0.15, -0.1) is 0 Å². The van der Waals surface area contributed by atoms with E-state index < -0.39 is 14.7 Å². The molecular weight excluding hydrogens is 218 g/mol. The molecule has 0 fully saturated rings. The minimum atomic E-state index is -1.92. The molecule has 0 spiro atoms. The van der Waals surface area contributed by atoms with Crippen LogP contribution in [0.4, 0.5) is 0 Å². The van der Waals surface area contributed by atoms with Crippen LogP contribution in [-0.2, 0) is 14.7 Å². The van der Waals surface area contributed by atoms with Gasteiger partial charge in [0.25, 0.3) is 0 Å². The molecule has 0 radical (unpaired) electrons. The van der Waals surface area contributed by atoms with Gasteiger partial charge in [0.1, 0.15) is 0 Å². The molecule has 0 aromatic rings. The molecule has 0 aromatic heterocycles. The second-order valence-corrected chi connectivity index (χ2v) is 7.95. The monoisotopic (exact) mass is 225 g/mol. The maximum absolute atomic E-state index is 4.97. The fourth-order valence-corrected chi connectivity index (χ4v) is 0. The van der Waals surface area contributed by atoms with Crippen molar-refractivity contribution < 1.29 is 36.6 Å². The third-order valence-corrected chi connectivity index (χ3v) is 0. The Balaban J connectivity index is -0.00000000750. The van der Waals surface area contributed by atoms with E-state index in [9.17, 15) is 0 Å². The fraction of sp³-hybridized carbons (Fsp3) is 0. The van der Waals surface area contributed by atoms with Crippen LogP contribution in [0.2, 0.25) is 0 Å². The summed E-state index contributed by atoms with van der Waals surface area (Å²) in [5, 5.41) is 0. The number of rotatable bonds is 0. The summed E-state index contributed by atoms with van der Waals surface area (Å²) >= 11 is -1.92. The van der Waals surface area contributed by atoms with Crippen LogP contribution in [0.5, 0.6) is 0 Å². The number of halogens is 3. The second kappa shape index (κ2) is 23.7. The van der Waals surface area contributed by atoms with Crippen LogP contribution in [0.25, 0.3) is 0 Å². The summed E-state index contributed by atoms with van der Waals surface area (Å²) in [5.74, 6) is 0. The Morgan fingerprint density at radius 2 is 0.625 bits per heavy atom. The first-order valence-electron chi connectivity index (χ1n) is 0.567. The van der Waals surface area contributed by atoms with Crippen molar-refractivity contribution in [3.8, 4) is 0 Å². The van der Waals surface area contributed by atoms with Crippen LogP contribution in [-0.4, -0.2) is 21.9 Å². The summed E-state index contributed by atoms with van der Waals surface area (Å²) in [4.78, 5) is 0. The van der Waals surface area contributed by atoms with Gasteiger partial charge in [-0.2, -0.15) is 0 Å². The molecule has 0 unspecified atom stereocenters. The van der Waals surface area contributed by atoms with Gasteiger partial charge in [-0.3, -0.25) is 0 Å². The average Bonchev–Trinajstić information content (AvgIpc) is 0.811. The average molecular weight is 226 g/mol. The standard InChI is InChI=1S/3ClH.4H2O.Ti/h3*1H;4*1H2;/q;;;;;;;+3/p-3. The SMILES string of the molecule is O.O.O.O.[Cl][Ti]([Cl])[Cl]. The quantitative estimate of drug-likeness (QED) is 0.458. The molecule has 0 aromatic carbocycles. The van der Waals surface area contributed by atoms with Crippen molar-refractivity contribution in [1.29, 1.82) is 0 Å². The predicted molar refractivity (Wildman–Crippen MR) is 32.0 cm³/mol. The van der Waals surface area contributed by atoms with Gasteiger partial charge in [0, 0.05) is 0 Å². The molecule has 0 heterocycles. The molecule has 0 aliphatic heterocycles. The Morgan fingerprint density at radius 1 is 0.625 bits per heavy atom. The first kappa shape index (κ1) is 34.2. The van der Waals surface area contributed by atoms with Crippen molar-refractivity contribution in [2.24, 2.45) is 0 Å². The zero-order valence-corrected chi connectivity index (χ0v) is 7.46. The van der Waals surface area contributed by atoms with E-state index in [2.05, 4.69) is 0 Å². The van der Waals surface area contributed by atoms with Gasteiger partial charge in [0.05, 0.1) is 0 Å². The van der Waals surface area contributed by atoms with Gasteiger partial charge in [0.2, 0.25) is 0 Å². The Kier molecular flexibility index (Phi) is 101. The van der Waals surface area contributed by atoms with Crippen molar-refractivity contribution in [2.45, 2.75) is 0 Å². The Labute approximate surface area is 64.4 Å². The van der Waals surface area contributed by atoms with E-state index in [0.717, 1.165) is 0 Å². The maximum atomic E-state index is 4.97. The topological polar surface area (TPSA) is 126 Å². The van der Waals surface area contributed by atoms with E-state index in [1.807, 2.05) is 0 Å². The van der Waals surface area contributed by atoms with E-state index in [-0.39, 0.29) is 21.9 Å². The van der Waals surface area contributed by atoms with Crippen LogP contribution in [0, 0.1) is 0 Å². The van der Waals surface area contributed by atoms with Gasteiger partial charge in [0.15, 0.2) is 0 Å². The molecule has 4 nitrogen and oxygen atoms in total. The summed E-state index contributed by atoms with van der Waals surface area (Å²) in [6, 6.07) is 0. The van der Waals surface area contributed by atoms with Crippen molar-refractivity contribution >= 4 is 27.9 Å². The van der Waals surface area contributed by atoms with Crippen molar-refractivity contribution in [2.75, 3.05) is 0 Å². The van der Waals surface area contributed by atoms with Gasteiger partial charge in [-0.05, 0) is 0 Å². The van der Waals surface area contributed by atoms with Gasteiger partial charge < -0.3 is 21.9 Å². The molecule has 8 heavy (non-hydrogen) atoms. The Hall–Kier alpha value is 1.42. The molecule has 57 valence electrons. The van der Waals surface area contributed by atoms with Gasteiger partial charge in [-0.1, -0.05) is 0 Å². The van der Waals surface area contributed by atoms with Crippen LogP contribution in [0.15, 0.2) is 0 Å². The van der Waals surface area contributed by atoms with Gasteiger partial charge in [-0.25, -0.2) is 0 Å². The summed E-state index contributed by atoms with van der Waals surface area (Å²) in [7, 11) is 14.9. The molecule has 0 aliphatic rings. The number of hydrogen-bond donors (Lipinski definition) is 0. The number of hydrogen-bond acceptors (Lipinski definition) is 0. The van der Waals surface area contributed by atoms with Crippen LogP contribution >= 0.6 is 27.9 Å². The van der Waals surface area contributed by atoms with Gasteiger partial charge >= 0.3 is 42.6 Å². The van der Waals surface area contributed by atoms with Crippen molar-refractivity contribution in [1.82, 2.24) is 0 Å². The zero-order valence-electron chi connectivity index (χ0n) is 3.63. The van der Waals surface area contributed by atoms with E-state index in [0.29, 0.717) is 0 Å². The molecular formula is H8Cl3O4Ti. The molecule has 0 amide bonds. The van der Waals surface area contributed by atoms with E-state index in [1.165, 1.54) is 0 Å². The second-order valence-electron chi connectivity index (χ2n) is 0.214. The summed E-state index contributed by atoms with van der Waals surface area (Å²) in [5.41, 5.74) is 0. The molecule has 0 atom stereocenters. The molecule has 8 N–H and O–H groups in total. The first-order chi connectivity index (χ1) is 1.73. The molecule has 0 saturated heterocycles. The first-order valence-corrected chi connectivity index (χ1v) is 7.01. The molecule has 0 aliphatic carbocycles. The van der Waals surface area contributed by atoms with E-state index >= 15 is 0 Å². The minimum absolute atomic E-state index is 0. The molecule has 8 heteroatoms. The summed E-state index contributed by atoms with van der Waals surface area (Å²) in [6.07, 6.45) is 0. The van der Waals surface area contributed by atoms with Crippen LogP contribution in [0.1, 0.15) is 0 Å². The zero-order chi connectivity index (χ0) is 3.58. The third-order valence-electron chi connectivity index (χ3n) is 0. The predicted octanol–water partition coefficient (Wildman–Crippen LogP) is -1.23. The normalized spacial score (nSPS) is 3.38. The Morgan fingerprint density at radius 3 is 0.625 bits per heavy atom. The summed E-state index contributed by atoms with van der Waals surface area (Å²) in [6.45, 7) is 0. The fourth-order valence-electron chi connectivity index (χ4n) is 0.